The van der Waals surface area contributed by atoms with Gasteiger partial charge < -0.3 is 5.32 Å². The van der Waals surface area contributed by atoms with Gasteiger partial charge >= 0.3 is 0 Å². The molecule has 35 heavy (non-hydrogen) atoms. The summed E-state index contributed by atoms with van der Waals surface area (Å²) in [6, 6.07) is 14.5. The molecule has 0 saturated carbocycles. The molecule has 0 radical (unpaired) electrons. The number of carbonyl (C=O) groups is 2. The highest BCUT2D eigenvalue weighted by Crippen LogP contribution is 2.27. The Kier molecular flexibility index (Phi) is 8.89. The van der Waals surface area contributed by atoms with Gasteiger partial charge in [0.25, 0.3) is 0 Å². The molecule has 0 bridgehead atoms. The zero-order valence-corrected chi connectivity index (χ0v) is 22.3. The largest absolute Gasteiger partial charge is 0.349 e. The fourth-order valence-electron chi connectivity index (χ4n) is 4.62. The van der Waals surface area contributed by atoms with E-state index in [0.29, 0.717) is 24.3 Å². The number of ketones is 1. The lowest BCUT2D eigenvalue weighted by Gasteiger charge is -2.32. The van der Waals surface area contributed by atoms with Crippen LogP contribution in [0.25, 0.3) is 0 Å². The van der Waals surface area contributed by atoms with Crippen LogP contribution in [0.1, 0.15) is 75.0 Å². The number of Topliss-reactive ketones (excluding diaryl/α,β-unsaturated/α-hetero) is 1. The van der Waals surface area contributed by atoms with Crippen LogP contribution in [0.15, 0.2) is 53.4 Å². The third-order valence-corrected chi connectivity index (χ3v) is 8.54. The Morgan fingerprint density at radius 3 is 2.17 bits per heavy atom. The van der Waals surface area contributed by atoms with E-state index in [-0.39, 0.29) is 47.6 Å². The molecule has 1 atom stereocenters. The summed E-state index contributed by atoms with van der Waals surface area (Å²) >= 11 is 0. The van der Waals surface area contributed by atoms with E-state index in [0.717, 1.165) is 12.0 Å². The number of sulfonamides is 1. The highest BCUT2D eigenvalue weighted by Gasteiger charge is 2.33. The van der Waals surface area contributed by atoms with E-state index in [2.05, 4.69) is 57.3 Å². The van der Waals surface area contributed by atoms with Crippen LogP contribution < -0.4 is 5.32 Å². The molecule has 6 nitrogen and oxygen atoms in total. The molecule has 0 spiro atoms. The van der Waals surface area contributed by atoms with E-state index in [1.165, 1.54) is 28.9 Å². The van der Waals surface area contributed by atoms with Gasteiger partial charge in [0.15, 0.2) is 5.78 Å². The van der Waals surface area contributed by atoms with E-state index in [4.69, 9.17) is 0 Å². The number of carbonyl (C=O) groups excluding carboxylic acids is 2. The second-order valence-electron chi connectivity index (χ2n) is 10.3. The van der Waals surface area contributed by atoms with Gasteiger partial charge in [-0.05, 0) is 61.3 Å². The number of nitrogens with one attached hydrogen (secondary N) is 1. The first-order chi connectivity index (χ1) is 16.5. The van der Waals surface area contributed by atoms with E-state index in [9.17, 15) is 18.0 Å². The van der Waals surface area contributed by atoms with Gasteiger partial charge in [0.2, 0.25) is 15.9 Å². The SMILES string of the molecule is CC(=O)c1cccc(S(=O)(=O)N2CCC(C(=O)NC(c3ccc(CC(C)C)cc3)C(C)C)CC2)c1. The van der Waals surface area contributed by atoms with Crippen LogP contribution >= 0.6 is 0 Å². The van der Waals surface area contributed by atoms with Crippen molar-refractivity contribution in [1.29, 1.82) is 0 Å². The maximum atomic E-state index is 13.1. The van der Waals surface area contributed by atoms with Crippen molar-refractivity contribution in [2.75, 3.05) is 13.1 Å². The Labute approximate surface area is 210 Å². The standard InChI is InChI=1S/C28H38N2O4S/c1-19(2)17-22-9-11-23(12-10-22)27(20(3)4)29-28(32)24-13-15-30(16-14-24)35(33,34)26-8-6-7-25(18-26)21(5)31/h6-12,18-20,24,27H,13-17H2,1-5H3,(H,29,32). The van der Waals surface area contributed by atoms with Crippen molar-refractivity contribution in [3.63, 3.8) is 0 Å². The molecule has 190 valence electrons. The summed E-state index contributed by atoms with van der Waals surface area (Å²) in [5, 5.41) is 3.22. The molecule has 2 aromatic rings. The Balaban J connectivity index is 1.63. The van der Waals surface area contributed by atoms with Crippen LogP contribution in [0.2, 0.25) is 0 Å². The first-order valence-electron chi connectivity index (χ1n) is 12.5. The minimum atomic E-state index is -3.71. The van der Waals surface area contributed by atoms with Crippen LogP contribution in [0.5, 0.6) is 0 Å². The number of hydrogen-bond acceptors (Lipinski definition) is 4. The van der Waals surface area contributed by atoms with Crippen molar-refractivity contribution in [3.05, 3.63) is 65.2 Å². The van der Waals surface area contributed by atoms with Crippen molar-refractivity contribution < 1.29 is 18.0 Å². The molecular weight excluding hydrogens is 460 g/mol. The predicted molar refractivity (Wildman–Crippen MR) is 139 cm³/mol. The van der Waals surface area contributed by atoms with E-state index in [1.54, 1.807) is 12.1 Å². The maximum Gasteiger partial charge on any atom is 0.243 e. The van der Waals surface area contributed by atoms with Gasteiger partial charge in [0, 0.05) is 24.6 Å². The van der Waals surface area contributed by atoms with E-state index < -0.39 is 10.0 Å². The van der Waals surface area contributed by atoms with Crippen molar-refractivity contribution in [2.45, 2.75) is 64.8 Å². The van der Waals surface area contributed by atoms with Crippen molar-refractivity contribution in [3.8, 4) is 0 Å². The van der Waals surface area contributed by atoms with Crippen LogP contribution in [-0.2, 0) is 21.2 Å². The van der Waals surface area contributed by atoms with E-state index >= 15 is 0 Å². The molecule has 2 aromatic carbocycles. The summed E-state index contributed by atoms with van der Waals surface area (Å²) in [7, 11) is -3.71. The quantitative estimate of drug-likeness (QED) is 0.493. The Morgan fingerprint density at radius 1 is 1.00 bits per heavy atom. The number of rotatable bonds is 9. The van der Waals surface area contributed by atoms with Crippen molar-refractivity contribution in [2.24, 2.45) is 17.8 Å². The highest BCUT2D eigenvalue weighted by molar-refractivity contribution is 7.89. The minimum Gasteiger partial charge on any atom is -0.349 e. The fourth-order valence-corrected chi connectivity index (χ4v) is 6.14. The lowest BCUT2D eigenvalue weighted by Crippen LogP contribution is -2.44. The number of hydrogen-bond donors (Lipinski definition) is 1. The minimum absolute atomic E-state index is 0.0226. The van der Waals surface area contributed by atoms with Crippen LogP contribution in [0.3, 0.4) is 0 Å². The van der Waals surface area contributed by atoms with Crippen molar-refractivity contribution >= 4 is 21.7 Å². The smallest absolute Gasteiger partial charge is 0.243 e. The monoisotopic (exact) mass is 498 g/mol. The second kappa shape index (κ2) is 11.5. The van der Waals surface area contributed by atoms with Gasteiger partial charge in [0.1, 0.15) is 0 Å². The zero-order chi connectivity index (χ0) is 25.8. The molecule has 1 amide bonds. The molecule has 3 rings (SSSR count). The zero-order valence-electron chi connectivity index (χ0n) is 21.5. The van der Waals surface area contributed by atoms with Crippen molar-refractivity contribution in [1.82, 2.24) is 9.62 Å². The summed E-state index contributed by atoms with van der Waals surface area (Å²) in [6.45, 7) is 10.6. The molecule has 1 unspecified atom stereocenters. The molecule has 1 fully saturated rings. The van der Waals surface area contributed by atoms with Gasteiger partial charge in [-0.2, -0.15) is 4.31 Å². The Hall–Kier alpha value is -2.51. The van der Waals surface area contributed by atoms with Gasteiger partial charge in [-0.15, -0.1) is 0 Å². The summed E-state index contributed by atoms with van der Waals surface area (Å²) < 4.78 is 27.6. The number of nitrogens with zero attached hydrogens (tertiary/aromatic N) is 1. The molecule has 1 aliphatic heterocycles. The summed E-state index contributed by atoms with van der Waals surface area (Å²) in [4.78, 5) is 24.9. The molecule has 1 aliphatic rings. The molecule has 7 heteroatoms. The third-order valence-electron chi connectivity index (χ3n) is 6.65. The molecular formula is C28H38N2O4S. The third kappa shape index (κ3) is 6.79. The summed E-state index contributed by atoms with van der Waals surface area (Å²) in [5.74, 6) is 0.391. The van der Waals surface area contributed by atoms with E-state index in [1.807, 2.05) is 0 Å². The molecule has 0 aliphatic carbocycles. The summed E-state index contributed by atoms with van der Waals surface area (Å²) in [5.41, 5.74) is 2.75. The molecule has 1 N–H and O–H groups in total. The van der Waals surface area contributed by atoms with Gasteiger partial charge in [-0.1, -0.05) is 64.1 Å². The number of amides is 1. The Morgan fingerprint density at radius 2 is 1.63 bits per heavy atom. The molecule has 0 aromatic heterocycles. The number of benzene rings is 2. The van der Waals surface area contributed by atoms with Crippen LogP contribution in [0.4, 0.5) is 0 Å². The Bertz CT molecular complexity index is 1130. The average Bonchev–Trinajstić information content (AvgIpc) is 2.82. The van der Waals surface area contributed by atoms with Gasteiger partial charge in [0.05, 0.1) is 10.9 Å². The fraction of sp³-hybridized carbons (Fsp3) is 0.500. The molecule has 1 saturated heterocycles. The summed E-state index contributed by atoms with van der Waals surface area (Å²) in [6.07, 6.45) is 1.96. The average molecular weight is 499 g/mol. The predicted octanol–water partition coefficient (Wildman–Crippen LogP) is 5.00. The van der Waals surface area contributed by atoms with Crippen LogP contribution in [-0.4, -0.2) is 37.5 Å². The maximum absolute atomic E-state index is 13.1. The first kappa shape index (κ1) is 27.1. The lowest BCUT2D eigenvalue weighted by molar-refractivity contribution is -0.127. The lowest BCUT2D eigenvalue weighted by atomic mass is 9.91. The highest BCUT2D eigenvalue weighted by atomic mass is 32.2. The normalized spacial score (nSPS) is 16.4. The topological polar surface area (TPSA) is 83.6 Å². The van der Waals surface area contributed by atoms with Gasteiger partial charge in [-0.3, -0.25) is 9.59 Å². The number of piperidine rings is 1. The van der Waals surface area contributed by atoms with Crippen LogP contribution in [0, 0.1) is 17.8 Å². The molecule has 1 heterocycles. The first-order valence-corrected chi connectivity index (χ1v) is 13.9. The second-order valence-corrected chi connectivity index (χ2v) is 12.3. The van der Waals surface area contributed by atoms with Gasteiger partial charge in [-0.25, -0.2) is 8.42 Å².